The van der Waals surface area contributed by atoms with E-state index < -0.39 is 63.1 Å². The molecule has 2 N–H and O–H groups in total. The van der Waals surface area contributed by atoms with Crippen molar-refractivity contribution in [1.82, 2.24) is 9.97 Å². The lowest BCUT2D eigenvalue weighted by molar-refractivity contribution is -0.386. The molecule has 0 saturated carbocycles. The third-order valence-corrected chi connectivity index (χ3v) is 5.32. The van der Waals surface area contributed by atoms with Gasteiger partial charge in [-0.2, -0.15) is 26.3 Å². The Labute approximate surface area is 223 Å². The van der Waals surface area contributed by atoms with Gasteiger partial charge in [0.2, 0.25) is 5.75 Å². The lowest BCUT2D eigenvalue weighted by atomic mass is 10.1. The number of aromatic hydroxyl groups is 2. The number of nitrogens with zero attached hydrogens (tertiary/aromatic N) is 3. The highest BCUT2D eigenvalue weighted by atomic mass is 19.4. The maximum Gasteiger partial charge on any atom is 0.433 e. The van der Waals surface area contributed by atoms with Crippen LogP contribution in [0.4, 0.5) is 32.0 Å². The Morgan fingerprint density at radius 1 is 0.805 bits per heavy atom. The van der Waals surface area contributed by atoms with Gasteiger partial charge < -0.3 is 19.7 Å². The number of aromatic nitrogens is 2. The zero-order valence-corrected chi connectivity index (χ0v) is 20.5. The van der Waals surface area contributed by atoms with Crippen LogP contribution in [-0.2, 0) is 21.8 Å². The summed E-state index contributed by atoms with van der Waals surface area (Å²) in [4.78, 5) is 39.4. The maximum atomic E-state index is 12.6. The first-order valence-electron chi connectivity index (χ1n) is 10.8. The van der Waals surface area contributed by atoms with E-state index in [1.165, 1.54) is 0 Å². The summed E-state index contributed by atoms with van der Waals surface area (Å²) in [5.74, 6) is -3.23. The largest absolute Gasteiger partial charge is 0.507 e. The van der Waals surface area contributed by atoms with E-state index in [2.05, 4.69) is 19.4 Å². The van der Waals surface area contributed by atoms with Crippen LogP contribution in [0.2, 0.25) is 0 Å². The third kappa shape index (κ3) is 6.34. The van der Waals surface area contributed by atoms with Crippen LogP contribution in [0.5, 0.6) is 11.5 Å². The van der Waals surface area contributed by atoms with Crippen molar-refractivity contribution >= 4 is 39.4 Å². The topological polar surface area (TPSA) is 162 Å². The average Bonchev–Trinajstić information content (AvgIpc) is 2.90. The minimum absolute atomic E-state index is 0.0701. The second-order valence-corrected chi connectivity index (χ2v) is 7.88. The Hall–Kier alpha value is -5.22. The number of phenolic OH excluding ortho intramolecular Hbond substituents is 2. The van der Waals surface area contributed by atoms with E-state index in [-0.39, 0.29) is 27.6 Å². The first-order valence-corrected chi connectivity index (χ1v) is 10.8. The van der Waals surface area contributed by atoms with E-state index in [4.69, 9.17) is 0 Å². The van der Waals surface area contributed by atoms with Gasteiger partial charge in [0, 0.05) is 10.8 Å². The number of methoxy groups -OCH3 is 2. The lowest BCUT2D eigenvalue weighted by Gasteiger charge is -2.09. The molecule has 0 aliphatic carbocycles. The fraction of sp³-hybridized carbons (Fsp3) is 0.167. The summed E-state index contributed by atoms with van der Waals surface area (Å²) in [5, 5.41) is 30.3. The predicted molar refractivity (Wildman–Crippen MR) is 126 cm³/mol. The molecule has 2 aromatic heterocycles. The van der Waals surface area contributed by atoms with Crippen LogP contribution in [-0.4, -0.2) is 51.3 Å². The van der Waals surface area contributed by atoms with E-state index in [0.717, 1.165) is 50.6 Å². The SMILES string of the molecule is COC(=O)c1cc(O)c2ccc(C(F)(F)F)nc2c1.COC(=O)c1cc2nc(C(F)(F)F)ccc2c(O)c1[N+](=O)[O-]. The van der Waals surface area contributed by atoms with Crippen molar-refractivity contribution in [3.63, 3.8) is 0 Å². The van der Waals surface area contributed by atoms with E-state index >= 15 is 0 Å². The number of pyridine rings is 2. The molecule has 4 aromatic rings. The lowest BCUT2D eigenvalue weighted by Crippen LogP contribution is -2.09. The molecule has 0 aliphatic rings. The van der Waals surface area contributed by atoms with Gasteiger partial charge in [-0.1, -0.05) is 0 Å². The summed E-state index contributed by atoms with van der Waals surface area (Å²) in [6, 6.07) is 6.30. The van der Waals surface area contributed by atoms with Gasteiger partial charge in [-0.25, -0.2) is 19.6 Å². The molecule has 0 unspecified atom stereocenters. The molecule has 0 aliphatic heterocycles. The summed E-state index contributed by atoms with van der Waals surface area (Å²) in [7, 11) is 2.07. The summed E-state index contributed by atoms with van der Waals surface area (Å²) in [6.45, 7) is 0. The number of rotatable bonds is 3. The van der Waals surface area contributed by atoms with Crippen LogP contribution in [0.1, 0.15) is 32.1 Å². The molecular weight excluding hydrogens is 572 g/mol. The Kier molecular flexibility index (Phi) is 8.21. The summed E-state index contributed by atoms with van der Waals surface area (Å²) >= 11 is 0. The van der Waals surface area contributed by atoms with Crippen LogP contribution in [0.25, 0.3) is 21.8 Å². The van der Waals surface area contributed by atoms with Crippen LogP contribution in [0.15, 0.2) is 42.5 Å². The van der Waals surface area contributed by atoms with Crippen molar-refractivity contribution < 1.29 is 60.5 Å². The van der Waals surface area contributed by atoms with E-state index in [1.807, 2.05) is 0 Å². The van der Waals surface area contributed by atoms with Gasteiger partial charge in [0.05, 0.1) is 35.7 Å². The smallest absolute Gasteiger partial charge is 0.433 e. The Bertz CT molecular complexity index is 1690. The van der Waals surface area contributed by atoms with Gasteiger partial charge in [0.15, 0.2) is 0 Å². The van der Waals surface area contributed by atoms with Crippen molar-refractivity contribution in [1.29, 1.82) is 0 Å². The monoisotopic (exact) mass is 587 g/mol. The van der Waals surface area contributed by atoms with Crippen LogP contribution in [0, 0.1) is 10.1 Å². The van der Waals surface area contributed by atoms with Crippen LogP contribution >= 0.6 is 0 Å². The quantitative estimate of drug-likeness (QED) is 0.137. The molecule has 216 valence electrons. The molecule has 0 bridgehead atoms. The number of fused-ring (bicyclic) bond motifs is 2. The van der Waals surface area contributed by atoms with Gasteiger partial charge in [-0.3, -0.25) is 10.1 Å². The van der Waals surface area contributed by atoms with Gasteiger partial charge in [-0.15, -0.1) is 0 Å². The molecule has 2 heterocycles. The molecule has 17 heteroatoms. The first kappa shape index (κ1) is 30.3. The molecule has 0 radical (unpaired) electrons. The number of carbonyl (C=O) groups is 2. The number of phenols is 2. The molecule has 0 amide bonds. The summed E-state index contributed by atoms with van der Waals surface area (Å²) < 4.78 is 84.2. The van der Waals surface area contributed by atoms with Gasteiger partial charge in [0.25, 0.3) is 0 Å². The van der Waals surface area contributed by atoms with Crippen molar-refractivity contribution in [3.8, 4) is 11.5 Å². The van der Waals surface area contributed by atoms with Gasteiger partial charge in [-0.05, 0) is 42.5 Å². The molecule has 0 spiro atoms. The zero-order chi connectivity index (χ0) is 30.9. The molecule has 0 fully saturated rings. The van der Waals surface area contributed by atoms with Crippen molar-refractivity contribution in [2.45, 2.75) is 12.4 Å². The molecule has 41 heavy (non-hydrogen) atoms. The number of nitro groups is 1. The van der Waals surface area contributed by atoms with Crippen LogP contribution < -0.4 is 0 Å². The molecule has 4 rings (SSSR count). The highest BCUT2D eigenvalue weighted by Crippen LogP contribution is 2.39. The average molecular weight is 587 g/mol. The number of esters is 2. The van der Waals surface area contributed by atoms with Crippen LogP contribution in [0.3, 0.4) is 0 Å². The van der Waals surface area contributed by atoms with E-state index in [0.29, 0.717) is 6.07 Å². The molecule has 0 saturated heterocycles. The highest BCUT2D eigenvalue weighted by molar-refractivity contribution is 6.02. The van der Waals surface area contributed by atoms with Crippen molar-refractivity contribution in [2.75, 3.05) is 14.2 Å². The predicted octanol–water partition coefficient (Wildman–Crippen LogP) is 5.40. The fourth-order valence-corrected chi connectivity index (χ4v) is 3.46. The molecule has 2 aromatic carbocycles. The molecule has 0 atom stereocenters. The zero-order valence-electron chi connectivity index (χ0n) is 20.5. The summed E-state index contributed by atoms with van der Waals surface area (Å²) in [5.41, 5.74) is -4.62. The van der Waals surface area contributed by atoms with Crippen molar-refractivity contribution in [3.05, 3.63) is 75.1 Å². The Morgan fingerprint density at radius 2 is 1.29 bits per heavy atom. The molecular formula is C24H15F6N3O8. The number of halogens is 6. The first-order chi connectivity index (χ1) is 19.0. The second-order valence-electron chi connectivity index (χ2n) is 7.88. The number of hydrogen-bond donors (Lipinski definition) is 2. The van der Waals surface area contributed by atoms with Crippen molar-refractivity contribution in [2.24, 2.45) is 0 Å². The normalized spacial score (nSPS) is 11.5. The fourth-order valence-electron chi connectivity index (χ4n) is 3.46. The van der Waals surface area contributed by atoms with Gasteiger partial charge >= 0.3 is 30.0 Å². The number of alkyl halides is 6. The number of benzene rings is 2. The minimum Gasteiger partial charge on any atom is -0.507 e. The Morgan fingerprint density at radius 3 is 1.76 bits per heavy atom. The third-order valence-electron chi connectivity index (χ3n) is 5.32. The molecule has 11 nitrogen and oxygen atoms in total. The summed E-state index contributed by atoms with van der Waals surface area (Å²) in [6.07, 6.45) is -9.33. The maximum absolute atomic E-state index is 12.6. The number of nitro benzene ring substituents is 1. The minimum atomic E-state index is -4.74. The second kappa shape index (κ2) is 11.1. The Balaban J connectivity index is 0.000000228. The van der Waals surface area contributed by atoms with E-state index in [9.17, 15) is 56.3 Å². The van der Waals surface area contributed by atoms with Gasteiger partial charge in [0.1, 0.15) is 22.7 Å². The van der Waals surface area contributed by atoms with E-state index in [1.54, 1.807) is 0 Å². The number of ether oxygens (including phenoxy) is 2. The standard InChI is InChI=1S/C12H7F3N2O5.C12H8F3NO3/c1-22-11(19)6-4-7-5(10(18)9(6)17(20)21)2-3-8(16-7)12(13,14)15;1-19-11(18)6-4-8-7(9(17)5-6)2-3-10(16-8)12(13,14)15/h2-4,18H,1H3;2-5,17H,1H3. The number of carbonyl (C=O) groups excluding carboxylic acids is 2. The number of hydrogen-bond acceptors (Lipinski definition) is 10. The highest BCUT2D eigenvalue weighted by Gasteiger charge is 2.35.